The molecule has 22 heavy (non-hydrogen) atoms. The number of aromatic nitrogens is 2. The number of H-pyrrole nitrogens is 1. The SMILES string of the molecule is O=C(CCCc1ccc(Cl)c(Cl)c1)N1CCc2[nH]ncc2C1. The highest BCUT2D eigenvalue weighted by Crippen LogP contribution is 2.23. The van der Waals surface area contributed by atoms with Crippen LogP contribution in [0.2, 0.25) is 10.0 Å². The Kier molecular flexibility index (Phi) is 4.69. The smallest absolute Gasteiger partial charge is 0.222 e. The normalized spacial score (nSPS) is 14.0. The average Bonchev–Trinajstić information content (AvgIpc) is 2.98. The summed E-state index contributed by atoms with van der Waals surface area (Å²) >= 11 is 11.9. The predicted octanol–water partition coefficient (Wildman–Crippen LogP) is 3.62. The van der Waals surface area contributed by atoms with E-state index in [2.05, 4.69) is 10.2 Å². The van der Waals surface area contributed by atoms with Crippen molar-refractivity contribution in [2.75, 3.05) is 6.54 Å². The summed E-state index contributed by atoms with van der Waals surface area (Å²) in [5.74, 6) is 0.201. The fourth-order valence-corrected chi connectivity index (χ4v) is 3.05. The Morgan fingerprint density at radius 1 is 1.32 bits per heavy atom. The minimum absolute atomic E-state index is 0.201. The van der Waals surface area contributed by atoms with Crippen LogP contribution in [0, 0.1) is 0 Å². The molecule has 0 unspecified atom stereocenters. The molecule has 116 valence electrons. The number of halogens is 2. The molecule has 2 heterocycles. The molecule has 0 saturated carbocycles. The third-order valence-corrected chi connectivity index (χ3v) is 4.73. The third-order valence-electron chi connectivity index (χ3n) is 3.99. The zero-order chi connectivity index (χ0) is 15.5. The van der Waals surface area contributed by atoms with Crippen molar-refractivity contribution in [3.8, 4) is 0 Å². The van der Waals surface area contributed by atoms with Crippen molar-refractivity contribution in [1.82, 2.24) is 15.1 Å². The summed E-state index contributed by atoms with van der Waals surface area (Å²) in [5.41, 5.74) is 3.39. The van der Waals surface area contributed by atoms with Gasteiger partial charge in [0.1, 0.15) is 0 Å². The Morgan fingerprint density at radius 2 is 2.18 bits per heavy atom. The van der Waals surface area contributed by atoms with Crippen LogP contribution in [0.3, 0.4) is 0 Å². The molecule has 0 spiro atoms. The molecule has 0 atom stereocenters. The van der Waals surface area contributed by atoms with Gasteiger partial charge in [0.2, 0.25) is 5.91 Å². The third kappa shape index (κ3) is 3.45. The van der Waals surface area contributed by atoms with Gasteiger partial charge in [-0.1, -0.05) is 29.3 Å². The second kappa shape index (κ2) is 6.71. The predicted molar refractivity (Wildman–Crippen MR) is 87.1 cm³/mol. The Balaban J connectivity index is 1.49. The van der Waals surface area contributed by atoms with Gasteiger partial charge in [-0.3, -0.25) is 9.89 Å². The fourth-order valence-electron chi connectivity index (χ4n) is 2.73. The van der Waals surface area contributed by atoms with Crippen LogP contribution in [0.4, 0.5) is 0 Å². The summed E-state index contributed by atoms with van der Waals surface area (Å²) in [4.78, 5) is 14.2. The summed E-state index contributed by atoms with van der Waals surface area (Å²) in [6.45, 7) is 1.43. The van der Waals surface area contributed by atoms with Crippen LogP contribution in [0.5, 0.6) is 0 Å². The van der Waals surface area contributed by atoms with E-state index in [9.17, 15) is 4.79 Å². The van der Waals surface area contributed by atoms with Gasteiger partial charge in [-0.2, -0.15) is 5.10 Å². The molecular formula is C16H17Cl2N3O. The monoisotopic (exact) mass is 337 g/mol. The molecule has 0 aliphatic carbocycles. The molecule has 1 aromatic carbocycles. The Bertz CT molecular complexity index is 684. The summed E-state index contributed by atoms with van der Waals surface area (Å²) in [6.07, 6.45) is 4.85. The first-order valence-corrected chi connectivity index (χ1v) is 8.12. The van der Waals surface area contributed by atoms with E-state index in [0.717, 1.165) is 42.6 Å². The standard InChI is InChI=1S/C16H17Cl2N3O/c17-13-5-4-11(8-14(13)18)2-1-3-16(22)21-7-6-15-12(10-21)9-19-20-15/h4-5,8-9H,1-3,6-7,10H2,(H,19,20). The van der Waals surface area contributed by atoms with E-state index in [0.29, 0.717) is 23.0 Å². The highest BCUT2D eigenvalue weighted by atomic mass is 35.5. The van der Waals surface area contributed by atoms with Crippen molar-refractivity contribution in [2.24, 2.45) is 0 Å². The van der Waals surface area contributed by atoms with E-state index in [-0.39, 0.29) is 5.91 Å². The topological polar surface area (TPSA) is 49.0 Å². The molecular weight excluding hydrogens is 321 g/mol. The van der Waals surface area contributed by atoms with Gasteiger partial charge in [0.05, 0.1) is 16.2 Å². The highest BCUT2D eigenvalue weighted by molar-refractivity contribution is 6.42. The van der Waals surface area contributed by atoms with Crippen molar-refractivity contribution >= 4 is 29.1 Å². The average molecular weight is 338 g/mol. The molecule has 6 heteroatoms. The van der Waals surface area contributed by atoms with Gasteiger partial charge in [-0.15, -0.1) is 0 Å². The van der Waals surface area contributed by atoms with Gasteiger partial charge < -0.3 is 4.90 Å². The van der Waals surface area contributed by atoms with Gasteiger partial charge in [-0.25, -0.2) is 0 Å². The lowest BCUT2D eigenvalue weighted by Crippen LogP contribution is -2.35. The van der Waals surface area contributed by atoms with Crippen molar-refractivity contribution in [2.45, 2.75) is 32.2 Å². The van der Waals surface area contributed by atoms with E-state index in [1.165, 1.54) is 0 Å². The van der Waals surface area contributed by atoms with Crippen LogP contribution in [0.25, 0.3) is 0 Å². The summed E-state index contributed by atoms with van der Waals surface area (Å²) < 4.78 is 0. The number of hydrogen-bond acceptors (Lipinski definition) is 2. The number of carbonyl (C=O) groups excluding carboxylic acids is 1. The highest BCUT2D eigenvalue weighted by Gasteiger charge is 2.21. The van der Waals surface area contributed by atoms with E-state index in [4.69, 9.17) is 23.2 Å². The molecule has 0 bridgehead atoms. The molecule has 0 saturated heterocycles. The van der Waals surface area contributed by atoms with Gasteiger partial charge in [0.25, 0.3) is 0 Å². The minimum Gasteiger partial charge on any atom is -0.338 e. The number of fused-ring (bicyclic) bond motifs is 1. The summed E-state index contributed by atoms with van der Waals surface area (Å²) in [6, 6.07) is 5.62. The Hall–Kier alpha value is -1.52. The first-order chi connectivity index (χ1) is 10.6. The van der Waals surface area contributed by atoms with Crippen molar-refractivity contribution < 1.29 is 4.79 Å². The first kappa shape index (κ1) is 15.4. The number of carbonyl (C=O) groups is 1. The Labute approximate surface area is 139 Å². The maximum Gasteiger partial charge on any atom is 0.222 e. The molecule has 3 rings (SSSR count). The van der Waals surface area contributed by atoms with Crippen LogP contribution < -0.4 is 0 Å². The number of nitrogens with one attached hydrogen (secondary N) is 1. The number of nitrogens with zero attached hydrogens (tertiary/aromatic N) is 2. The number of aromatic amines is 1. The van der Waals surface area contributed by atoms with Crippen molar-refractivity contribution in [1.29, 1.82) is 0 Å². The molecule has 1 aliphatic heterocycles. The van der Waals surface area contributed by atoms with Crippen molar-refractivity contribution in [3.63, 3.8) is 0 Å². The van der Waals surface area contributed by atoms with E-state index in [1.54, 1.807) is 6.07 Å². The lowest BCUT2D eigenvalue weighted by atomic mass is 10.1. The van der Waals surface area contributed by atoms with Crippen molar-refractivity contribution in [3.05, 3.63) is 51.3 Å². The fraction of sp³-hybridized carbons (Fsp3) is 0.375. The first-order valence-electron chi connectivity index (χ1n) is 7.36. The second-order valence-electron chi connectivity index (χ2n) is 5.54. The molecule has 0 radical (unpaired) electrons. The quantitative estimate of drug-likeness (QED) is 0.926. The second-order valence-corrected chi connectivity index (χ2v) is 6.36. The van der Waals surface area contributed by atoms with Crippen LogP contribution in [-0.2, 0) is 24.2 Å². The van der Waals surface area contributed by atoms with Crippen LogP contribution >= 0.6 is 23.2 Å². The van der Waals surface area contributed by atoms with Crippen LogP contribution in [-0.4, -0.2) is 27.5 Å². The lowest BCUT2D eigenvalue weighted by molar-refractivity contribution is -0.132. The number of aryl methyl sites for hydroxylation is 1. The Morgan fingerprint density at radius 3 is 3.00 bits per heavy atom. The molecule has 1 aromatic heterocycles. The van der Waals surface area contributed by atoms with Gasteiger partial charge in [-0.05, 0) is 30.5 Å². The number of hydrogen-bond donors (Lipinski definition) is 1. The maximum atomic E-state index is 12.3. The van der Waals surface area contributed by atoms with E-state index in [1.807, 2.05) is 23.2 Å². The zero-order valence-electron chi connectivity index (χ0n) is 12.1. The van der Waals surface area contributed by atoms with Gasteiger partial charge in [0, 0.05) is 37.2 Å². The molecule has 2 aromatic rings. The number of benzene rings is 1. The van der Waals surface area contributed by atoms with E-state index < -0.39 is 0 Å². The number of amides is 1. The van der Waals surface area contributed by atoms with Gasteiger partial charge >= 0.3 is 0 Å². The van der Waals surface area contributed by atoms with Crippen LogP contribution in [0.15, 0.2) is 24.4 Å². The molecule has 1 amide bonds. The number of rotatable bonds is 4. The van der Waals surface area contributed by atoms with Gasteiger partial charge in [0.15, 0.2) is 0 Å². The molecule has 1 aliphatic rings. The largest absolute Gasteiger partial charge is 0.338 e. The summed E-state index contributed by atoms with van der Waals surface area (Å²) in [5, 5.41) is 8.13. The molecule has 1 N–H and O–H groups in total. The van der Waals surface area contributed by atoms with Crippen LogP contribution in [0.1, 0.15) is 29.7 Å². The maximum absolute atomic E-state index is 12.3. The molecule has 4 nitrogen and oxygen atoms in total. The van der Waals surface area contributed by atoms with E-state index >= 15 is 0 Å². The summed E-state index contributed by atoms with van der Waals surface area (Å²) in [7, 11) is 0. The molecule has 0 fully saturated rings. The minimum atomic E-state index is 0.201. The zero-order valence-corrected chi connectivity index (χ0v) is 13.6. The lowest BCUT2D eigenvalue weighted by Gasteiger charge is -2.26.